The van der Waals surface area contributed by atoms with Crippen LogP contribution in [-0.4, -0.2) is 117 Å². The molecule has 16 nitrogen and oxygen atoms in total. The monoisotopic (exact) mass is 850 g/mol. The lowest BCUT2D eigenvalue weighted by Gasteiger charge is -2.36. The number of hydrogen-bond donors (Lipinski definition) is 5. The van der Waals surface area contributed by atoms with E-state index in [0.29, 0.717) is 77.0 Å². The van der Waals surface area contributed by atoms with Crippen LogP contribution in [0.2, 0.25) is 0 Å². The fraction of sp³-hybridized carbons (Fsp3) is 0.690. The molecule has 17 heteroatoms. The Labute approximate surface area is 354 Å². The number of phenols is 1. The average molecular weight is 851 g/mol. The van der Waals surface area contributed by atoms with Gasteiger partial charge in [0.25, 0.3) is 5.91 Å². The van der Waals surface area contributed by atoms with Gasteiger partial charge in [-0.3, -0.25) is 19.8 Å². The summed E-state index contributed by atoms with van der Waals surface area (Å²) in [5, 5.41) is 15.3. The maximum atomic E-state index is 13.8. The maximum absolute atomic E-state index is 13.8. The molecular formula is C42H70N6O10S. The zero-order valence-electron chi connectivity index (χ0n) is 36.0. The van der Waals surface area contributed by atoms with Crippen molar-refractivity contribution in [3.05, 3.63) is 45.9 Å². The summed E-state index contributed by atoms with van der Waals surface area (Å²) in [6, 6.07) is 6.05. The lowest BCUT2D eigenvalue weighted by molar-refractivity contribution is -0.135. The highest BCUT2D eigenvalue weighted by Gasteiger charge is 2.31. The van der Waals surface area contributed by atoms with E-state index in [1.165, 1.54) is 11.3 Å². The number of phenolic OH excluding ortho intramolecular Hbond substituents is 1. The van der Waals surface area contributed by atoms with Crippen molar-refractivity contribution in [1.29, 1.82) is 0 Å². The van der Waals surface area contributed by atoms with E-state index in [0.717, 1.165) is 31.2 Å². The molecule has 6 N–H and O–H groups in total. The van der Waals surface area contributed by atoms with E-state index in [2.05, 4.69) is 43.9 Å². The van der Waals surface area contributed by atoms with Crippen molar-refractivity contribution < 1.29 is 48.0 Å². The Kier molecular flexibility index (Phi) is 26.2. The molecule has 0 spiro atoms. The van der Waals surface area contributed by atoms with Crippen LogP contribution in [0.25, 0.3) is 0 Å². The van der Waals surface area contributed by atoms with Gasteiger partial charge in [-0.2, -0.15) is 0 Å². The number of aromatic nitrogens is 1. The van der Waals surface area contributed by atoms with Crippen molar-refractivity contribution >= 4 is 35.2 Å². The molecule has 59 heavy (non-hydrogen) atoms. The molecule has 1 heterocycles. The molecular weight excluding hydrogens is 781 g/mol. The summed E-state index contributed by atoms with van der Waals surface area (Å²) in [6.45, 7) is 15.9. The van der Waals surface area contributed by atoms with Crippen molar-refractivity contribution in [1.82, 2.24) is 26.1 Å². The highest BCUT2D eigenvalue weighted by Crippen LogP contribution is 2.31. The Morgan fingerprint density at radius 2 is 1.51 bits per heavy atom. The van der Waals surface area contributed by atoms with E-state index in [-0.39, 0.29) is 48.9 Å². The van der Waals surface area contributed by atoms with E-state index in [9.17, 15) is 24.3 Å². The Bertz CT molecular complexity index is 1480. The van der Waals surface area contributed by atoms with E-state index >= 15 is 0 Å². The molecule has 2 aromatic rings. The Balaban J connectivity index is 2.05. The first-order valence-electron chi connectivity index (χ1n) is 21.0. The first kappa shape index (κ1) is 51.3. The van der Waals surface area contributed by atoms with Crippen molar-refractivity contribution in [3.63, 3.8) is 0 Å². The molecule has 2 rings (SSSR count). The zero-order valence-corrected chi connectivity index (χ0v) is 36.8. The van der Waals surface area contributed by atoms with Gasteiger partial charge in [0, 0.05) is 55.9 Å². The summed E-state index contributed by atoms with van der Waals surface area (Å²) in [7, 11) is 0. The largest absolute Gasteiger partial charge is 0.508 e. The third kappa shape index (κ3) is 20.8. The lowest BCUT2D eigenvalue weighted by Crippen LogP contribution is -2.46. The third-order valence-electron chi connectivity index (χ3n) is 9.30. The van der Waals surface area contributed by atoms with E-state index in [1.54, 1.807) is 36.6 Å². The number of hydrazine groups is 1. The van der Waals surface area contributed by atoms with Crippen molar-refractivity contribution in [2.24, 2.45) is 17.6 Å². The SMILES string of the molecule is CCCCC(=O)N(CCC)C(C[C@@H](OCCC)c1nc(C(=O)N[C@@H](Cc2ccc(O)cc2)C[C@H](C)C(=O)NNC(=O)OCCOCCOCCOCCN)cs1)C(C)C. The molecule has 0 aliphatic rings. The molecule has 0 bridgehead atoms. The highest BCUT2D eigenvalue weighted by atomic mass is 32.1. The first-order chi connectivity index (χ1) is 28.4. The molecule has 1 aromatic carbocycles. The quantitative estimate of drug-likeness (QED) is 0.0484. The number of carbonyl (C=O) groups is 4. The fourth-order valence-electron chi connectivity index (χ4n) is 6.20. The standard InChI is InChI=1S/C42H70N6O10S/c1-7-10-11-38(50)48(17-8-2)36(30(4)5)28-37(57-18-9-3)41-45-35(29-59-41)40(52)44-33(27-32-12-14-34(49)15-13-32)26-31(6)39(51)46-47-42(53)58-25-24-56-23-22-55-21-20-54-19-16-43/h12-15,29-31,33,36-37,49H,7-11,16-28,43H2,1-6H3,(H,44,52)(H,46,51)(H,47,53)/t31-,33+,36?,37+/m0/s1. The molecule has 0 aliphatic carbocycles. The second-order valence-electron chi connectivity index (χ2n) is 14.7. The summed E-state index contributed by atoms with van der Waals surface area (Å²) in [5.74, 6) is -1.09. The summed E-state index contributed by atoms with van der Waals surface area (Å²) in [6.07, 6.45) is 3.83. The van der Waals surface area contributed by atoms with Gasteiger partial charge in [0.05, 0.1) is 39.6 Å². The number of carbonyl (C=O) groups excluding carboxylic acids is 4. The van der Waals surface area contributed by atoms with Gasteiger partial charge in [-0.05, 0) is 55.7 Å². The molecule has 334 valence electrons. The summed E-state index contributed by atoms with van der Waals surface area (Å²) in [4.78, 5) is 59.1. The van der Waals surface area contributed by atoms with E-state index in [4.69, 9.17) is 34.4 Å². The van der Waals surface area contributed by atoms with E-state index < -0.39 is 36.0 Å². The lowest BCUT2D eigenvalue weighted by atomic mass is 9.95. The summed E-state index contributed by atoms with van der Waals surface area (Å²) < 4.78 is 27.4. The molecule has 0 saturated carbocycles. The van der Waals surface area contributed by atoms with Gasteiger partial charge in [-0.1, -0.05) is 60.1 Å². The van der Waals surface area contributed by atoms with Crippen LogP contribution in [0.15, 0.2) is 29.6 Å². The number of benzene rings is 1. The predicted molar refractivity (Wildman–Crippen MR) is 227 cm³/mol. The second-order valence-corrected chi connectivity index (χ2v) is 15.6. The van der Waals surface area contributed by atoms with Crippen molar-refractivity contribution in [2.45, 2.75) is 111 Å². The fourth-order valence-corrected chi connectivity index (χ4v) is 7.06. The number of rotatable bonds is 31. The minimum Gasteiger partial charge on any atom is -0.508 e. The number of thiazole rings is 1. The smallest absolute Gasteiger partial charge is 0.426 e. The highest BCUT2D eigenvalue weighted by molar-refractivity contribution is 7.09. The second kappa shape index (κ2) is 30.2. The molecule has 0 fully saturated rings. The molecule has 0 aliphatic heterocycles. The minimum absolute atomic E-state index is 0.0320. The van der Waals surface area contributed by atoms with Crippen LogP contribution in [0.5, 0.6) is 5.75 Å². The van der Waals surface area contributed by atoms with Gasteiger partial charge in [-0.15, -0.1) is 11.3 Å². The van der Waals surface area contributed by atoms with Crippen LogP contribution in [-0.2, 0) is 39.7 Å². The number of amides is 4. The normalized spacial score (nSPS) is 13.4. The molecule has 0 radical (unpaired) electrons. The van der Waals surface area contributed by atoms with Crippen molar-refractivity contribution in [3.8, 4) is 5.75 Å². The van der Waals surface area contributed by atoms with Crippen LogP contribution in [0.1, 0.15) is 114 Å². The van der Waals surface area contributed by atoms with E-state index in [1.807, 2.05) is 11.8 Å². The van der Waals surface area contributed by atoms with Gasteiger partial charge < -0.3 is 44.7 Å². The van der Waals surface area contributed by atoms with Crippen LogP contribution in [0.4, 0.5) is 4.79 Å². The summed E-state index contributed by atoms with van der Waals surface area (Å²) in [5.41, 5.74) is 11.1. The van der Waals surface area contributed by atoms with Crippen LogP contribution in [0.3, 0.4) is 0 Å². The number of nitrogens with one attached hydrogen (secondary N) is 3. The number of hydrogen-bond acceptors (Lipinski definition) is 13. The number of aromatic hydroxyl groups is 1. The van der Waals surface area contributed by atoms with Gasteiger partial charge in [0.15, 0.2) is 0 Å². The molecule has 1 aromatic heterocycles. The topological polar surface area (TPSA) is 213 Å². The molecule has 0 saturated heterocycles. The first-order valence-corrected chi connectivity index (χ1v) is 21.9. The predicted octanol–water partition coefficient (Wildman–Crippen LogP) is 5.29. The maximum Gasteiger partial charge on any atom is 0.426 e. The van der Waals surface area contributed by atoms with Gasteiger partial charge >= 0.3 is 6.09 Å². The number of ether oxygens (including phenoxy) is 5. The van der Waals surface area contributed by atoms with Gasteiger partial charge in [0.2, 0.25) is 11.8 Å². The van der Waals surface area contributed by atoms with Gasteiger partial charge in [0.1, 0.15) is 29.2 Å². The number of nitrogens with two attached hydrogens (primary N) is 1. The molecule has 4 atom stereocenters. The Morgan fingerprint density at radius 3 is 2.12 bits per heavy atom. The van der Waals surface area contributed by atoms with Crippen LogP contribution < -0.4 is 21.9 Å². The summed E-state index contributed by atoms with van der Waals surface area (Å²) >= 11 is 1.35. The number of unbranched alkanes of at least 4 members (excludes halogenated alkanes) is 1. The van der Waals surface area contributed by atoms with Gasteiger partial charge in [-0.25, -0.2) is 15.2 Å². The van der Waals surface area contributed by atoms with Crippen LogP contribution in [0, 0.1) is 11.8 Å². The average Bonchev–Trinajstić information content (AvgIpc) is 3.72. The number of nitrogens with zero attached hydrogens (tertiary/aromatic N) is 2. The van der Waals surface area contributed by atoms with Crippen LogP contribution >= 0.6 is 11.3 Å². The third-order valence-corrected chi connectivity index (χ3v) is 10.2. The van der Waals surface area contributed by atoms with Crippen molar-refractivity contribution in [2.75, 3.05) is 65.9 Å². The molecule has 4 amide bonds. The Morgan fingerprint density at radius 1 is 0.847 bits per heavy atom. The zero-order chi connectivity index (χ0) is 43.4. The Hall–Kier alpha value is -3.87. The minimum atomic E-state index is -0.849. The molecule has 1 unspecified atom stereocenters.